The first-order valence-electron chi connectivity index (χ1n) is 7.32. The fourth-order valence-electron chi connectivity index (χ4n) is 3.14. The highest BCUT2D eigenvalue weighted by Crippen LogP contribution is 2.28. The van der Waals surface area contributed by atoms with Crippen molar-refractivity contribution >= 4 is 11.6 Å². The highest BCUT2D eigenvalue weighted by Gasteiger charge is 2.22. The Labute approximate surface area is 120 Å². The van der Waals surface area contributed by atoms with E-state index in [1.807, 2.05) is 13.1 Å². The number of benzene rings is 1. The van der Waals surface area contributed by atoms with E-state index >= 15 is 0 Å². The zero-order valence-corrected chi connectivity index (χ0v) is 12.3. The predicted octanol–water partition coefficient (Wildman–Crippen LogP) is 4.58. The van der Waals surface area contributed by atoms with Crippen LogP contribution in [0, 0.1) is 11.7 Å². The van der Waals surface area contributed by atoms with Gasteiger partial charge in [0.25, 0.3) is 0 Å². The minimum Gasteiger partial charge on any atom is -0.316 e. The quantitative estimate of drug-likeness (QED) is 0.798. The molecule has 0 aliphatic heterocycles. The summed E-state index contributed by atoms with van der Waals surface area (Å²) < 4.78 is 13.9. The molecule has 106 valence electrons. The minimum absolute atomic E-state index is 0.179. The molecule has 1 aromatic rings. The van der Waals surface area contributed by atoms with Crippen molar-refractivity contribution in [2.45, 2.75) is 51.0 Å². The molecule has 1 fully saturated rings. The van der Waals surface area contributed by atoms with E-state index in [1.165, 1.54) is 44.6 Å². The molecule has 0 saturated heterocycles. The molecular formula is C16H23ClFN. The first-order valence-corrected chi connectivity index (χ1v) is 7.69. The third-order valence-corrected chi connectivity index (χ3v) is 4.53. The monoisotopic (exact) mass is 283 g/mol. The number of nitrogens with one attached hydrogen (secondary N) is 1. The third kappa shape index (κ3) is 4.19. The van der Waals surface area contributed by atoms with Gasteiger partial charge >= 0.3 is 0 Å². The second-order valence-electron chi connectivity index (χ2n) is 5.59. The topological polar surface area (TPSA) is 12.0 Å². The van der Waals surface area contributed by atoms with E-state index in [1.54, 1.807) is 6.07 Å². The number of hydrogen-bond donors (Lipinski definition) is 1. The second-order valence-corrected chi connectivity index (χ2v) is 6.02. The summed E-state index contributed by atoms with van der Waals surface area (Å²) in [6, 6.07) is 5.38. The van der Waals surface area contributed by atoms with Crippen LogP contribution in [0.5, 0.6) is 0 Å². The van der Waals surface area contributed by atoms with Gasteiger partial charge in [0.05, 0.1) is 0 Å². The molecule has 1 nitrogen and oxygen atoms in total. The molecule has 1 atom stereocenters. The van der Waals surface area contributed by atoms with E-state index in [2.05, 4.69) is 5.32 Å². The molecule has 0 amide bonds. The van der Waals surface area contributed by atoms with Crippen molar-refractivity contribution in [3.63, 3.8) is 0 Å². The molecule has 0 spiro atoms. The van der Waals surface area contributed by atoms with Crippen LogP contribution in [0.4, 0.5) is 4.39 Å². The van der Waals surface area contributed by atoms with Gasteiger partial charge in [-0.15, -0.1) is 0 Å². The number of likely N-dealkylation sites (N-methyl/N-ethyl adjacent to an activating group) is 1. The van der Waals surface area contributed by atoms with Gasteiger partial charge in [-0.05, 0) is 49.9 Å². The zero-order valence-electron chi connectivity index (χ0n) is 11.6. The van der Waals surface area contributed by atoms with Gasteiger partial charge in [0.15, 0.2) is 0 Å². The Morgan fingerprint density at radius 1 is 1.26 bits per heavy atom. The normalized spacial score (nSPS) is 19.1. The molecule has 2 rings (SSSR count). The van der Waals surface area contributed by atoms with E-state index in [0.29, 0.717) is 17.0 Å². The Hall–Kier alpha value is -0.600. The summed E-state index contributed by atoms with van der Waals surface area (Å²) in [5.41, 5.74) is 0.771. The molecule has 1 N–H and O–H groups in total. The van der Waals surface area contributed by atoms with Gasteiger partial charge in [0, 0.05) is 11.1 Å². The average molecular weight is 284 g/mol. The highest BCUT2D eigenvalue weighted by atomic mass is 35.5. The standard InChI is InChI=1S/C16H23ClFN/c1-19-16(12-6-4-2-3-5-7-12)10-13-8-9-14(17)11-15(13)18/h8-9,11-12,16,19H,2-7,10H2,1H3. The van der Waals surface area contributed by atoms with Crippen LogP contribution in [0.15, 0.2) is 18.2 Å². The van der Waals surface area contributed by atoms with Crippen LogP contribution in [-0.4, -0.2) is 13.1 Å². The van der Waals surface area contributed by atoms with Crippen LogP contribution in [-0.2, 0) is 6.42 Å². The van der Waals surface area contributed by atoms with E-state index in [0.717, 1.165) is 12.0 Å². The second kappa shape index (κ2) is 7.25. The van der Waals surface area contributed by atoms with Crippen LogP contribution < -0.4 is 5.32 Å². The lowest BCUT2D eigenvalue weighted by Crippen LogP contribution is -2.35. The third-order valence-electron chi connectivity index (χ3n) is 4.29. The first-order chi connectivity index (χ1) is 9.20. The molecular weight excluding hydrogens is 261 g/mol. The lowest BCUT2D eigenvalue weighted by atomic mass is 9.88. The summed E-state index contributed by atoms with van der Waals surface area (Å²) in [6.45, 7) is 0. The van der Waals surface area contributed by atoms with Crippen LogP contribution in [0.2, 0.25) is 5.02 Å². The van der Waals surface area contributed by atoms with Crippen molar-refractivity contribution in [1.82, 2.24) is 5.32 Å². The Kier molecular flexibility index (Phi) is 5.65. The summed E-state index contributed by atoms with van der Waals surface area (Å²) in [6.07, 6.45) is 8.61. The van der Waals surface area contributed by atoms with Gasteiger partial charge in [-0.2, -0.15) is 0 Å². The van der Waals surface area contributed by atoms with Gasteiger partial charge in [0.1, 0.15) is 5.82 Å². The fraction of sp³-hybridized carbons (Fsp3) is 0.625. The Balaban J connectivity index is 2.04. The van der Waals surface area contributed by atoms with E-state index in [4.69, 9.17) is 11.6 Å². The van der Waals surface area contributed by atoms with Crippen molar-refractivity contribution in [3.05, 3.63) is 34.6 Å². The molecule has 3 heteroatoms. The molecule has 0 bridgehead atoms. The fourth-order valence-corrected chi connectivity index (χ4v) is 3.30. The van der Waals surface area contributed by atoms with E-state index in [-0.39, 0.29) is 5.82 Å². The maximum atomic E-state index is 13.9. The molecule has 0 heterocycles. The van der Waals surface area contributed by atoms with Gasteiger partial charge < -0.3 is 5.32 Å². The Morgan fingerprint density at radius 3 is 2.53 bits per heavy atom. The Morgan fingerprint density at radius 2 is 1.95 bits per heavy atom. The summed E-state index contributed by atoms with van der Waals surface area (Å²) in [7, 11) is 1.99. The van der Waals surface area contributed by atoms with E-state index in [9.17, 15) is 4.39 Å². The highest BCUT2D eigenvalue weighted by molar-refractivity contribution is 6.30. The van der Waals surface area contributed by atoms with Crippen LogP contribution >= 0.6 is 11.6 Å². The average Bonchev–Trinajstić information content (AvgIpc) is 2.67. The van der Waals surface area contributed by atoms with Gasteiger partial charge in [-0.1, -0.05) is 43.4 Å². The summed E-state index contributed by atoms with van der Waals surface area (Å²) >= 11 is 5.80. The molecule has 1 unspecified atom stereocenters. The summed E-state index contributed by atoms with van der Waals surface area (Å²) in [5.74, 6) is 0.490. The van der Waals surface area contributed by atoms with Crippen LogP contribution in [0.1, 0.15) is 44.1 Å². The minimum atomic E-state index is -0.179. The van der Waals surface area contributed by atoms with E-state index < -0.39 is 0 Å². The molecule has 1 aliphatic rings. The lowest BCUT2D eigenvalue weighted by Gasteiger charge is -2.26. The van der Waals surface area contributed by atoms with Gasteiger partial charge in [-0.25, -0.2) is 4.39 Å². The number of rotatable bonds is 4. The molecule has 1 aliphatic carbocycles. The first kappa shape index (κ1) is 14.8. The van der Waals surface area contributed by atoms with Gasteiger partial charge in [-0.3, -0.25) is 0 Å². The van der Waals surface area contributed by atoms with Crippen molar-refractivity contribution < 1.29 is 4.39 Å². The van der Waals surface area contributed by atoms with Crippen molar-refractivity contribution in [1.29, 1.82) is 0 Å². The molecule has 0 radical (unpaired) electrons. The molecule has 1 aromatic carbocycles. The van der Waals surface area contributed by atoms with Crippen molar-refractivity contribution in [2.75, 3.05) is 7.05 Å². The Bertz CT molecular complexity index is 400. The number of hydrogen-bond acceptors (Lipinski definition) is 1. The van der Waals surface area contributed by atoms with Crippen molar-refractivity contribution in [2.24, 2.45) is 5.92 Å². The molecule has 19 heavy (non-hydrogen) atoms. The SMILES string of the molecule is CNC(Cc1ccc(Cl)cc1F)C1CCCCCC1. The van der Waals surface area contributed by atoms with Crippen LogP contribution in [0.25, 0.3) is 0 Å². The predicted molar refractivity (Wildman–Crippen MR) is 79.2 cm³/mol. The largest absolute Gasteiger partial charge is 0.316 e. The number of halogens is 2. The van der Waals surface area contributed by atoms with Crippen molar-refractivity contribution in [3.8, 4) is 0 Å². The zero-order chi connectivity index (χ0) is 13.7. The molecule has 0 aromatic heterocycles. The molecule has 1 saturated carbocycles. The smallest absolute Gasteiger partial charge is 0.127 e. The van der Waals surface area contributed by atoms with Crippen LogP contribution in [0.3, 0.4) is 0 Å². The lowest BCUT2D eigenvalue weighted by molar-refractivity contribution is 0.330. The summed E-state index contributed by atoms with van der Waals surface area (Å²) in [5, 5.41) is 3.86. The summed E-state index contributed by atoms with van der Waals surface area (Å²) in [4.78, 5) is 0. The maximum absolute atomic E-state index is 13.9. The van der Waals surface area contributed by atoms with Gasteiger partial charge in [0.2, 0.25) is 0 Å². The maximum Gasteiger partial charge on any atom is 0.127 e.